The van der Waals surface area contributed by atoms with E-state index in [1.54, 1.807) is 14.2 Å². The van der Waals surface area contributed by atoms with E-state index in [-0.39, 0.29) is 5.60 Å². The van der Waals surface area contributed by atoms with Crippen LogP contribution in [-0.2, 0) is 10.3 Å². The fourth-order valence-corrected chi connectivity index (χ4v) is 1.59. The molecule has 0 aliphatic carbocycles. The minimum absolute atomic E-state index is 0.330. The Labute approximate surface area is 91.2 Å². The van der Waals surface area contributed by atoms with Crippen LogP contribution in [0.2, 0.25) is 0 Å². The average molecular weight is 209 g/mol. The molecule has 0 aliphatic rings. The number of hydrogen-bond acceptors (Lipinski definition) is 3. The van der Waals surface area contributed by atoms with Gasteiger partial charge in [0.25, 0.3) is 0 Å². The lowest BCUT2D eigenvalue weighted by Crippen LogP contribution is -2.27. The normalized spacial score (nSPS) is 14.7. The fraction of sp³-hybridized carbons (Fsp3) is 0.500. The Morgan fingerprint density at radius 1 is 1.33 bits per heavy atom. The molecule has 1 rings (SSSR count). The Kier molecular flexibility index (Phi) is 4.12. The van der Waals surface area contributed by atoms with Gasteiger partial charge >= 0.3 is 0 Å². The molecule has 2 N–H and O–H groups in total. The van der Waals surface area contributed by atoms with Gasteiger partial charge < -0.3 is 15.2 Å². The minimum Gasteiger partial charge on any atom is -0.497 e. The maximum atomic E-state index is 5.59. The minimum atomic E-state index is -0.330. The molecule has 0 saturated heterocycles. The molecule has 0 bridgehead atoms. The van der Waals surface area contributed by atoms with Crippen LogP contribution in [0.4, 0.5) is 0 Å². The second-order valence-electron chi connectivity index (χ2n) is 3.71. The molecule has 0 heterocycles. The van der Waals surface area contributed by atoms with Gasteiger partial charge in [-0.15, -0.1) is 0 Å². The van der Waals surface area contributed by atoms with Gasteiger partial charge in [0.05, 0.1) is 12.7 Å². The second-order valence-corrected chi connectivity index (χ2v) is 3.71. The molecule has 0 saturated carbocycles. The first-order valence-electron chi connectivity index (χ1n) is 5.06. The average Bonchev–Trinajstić information content (AvgIpc) is 2.29. The third-order valence-electron chi connectivity index (χ3n) is 2.75. The Morgan fingerprint density at radius 3 is 2.60 bits per heavy atom. The lowest BCUT2D eigenvalue weighted by molar-refractivity contribution is -0.00353. The third-order valence-corrected chi connectivity index (χ3v) is 2.75. The summed E-state index contributed by atoms with van der Waals surface area (Å²) in [4.78, 5) is 0. The molecular formula is C12H19NO2. The lowest BCUT2D eigenvalue weighted by Gasteiger charge is -2.28. The van der Waals surface area contributed by atoms with Crippen molar-refractivity contribution in [3.63, 3.8) is 0 Å². The third kappa shape index (κ3) is 2.70. The highest BCUT2D eigenvalue weighted by molar-refractivity contribution is 5.32. The monoisotopic (exact) mass is 209 g/mol. The smallest absolute Gasteiger partial charge is 0.119 e. The van der Waals surface area contributed by atoms with Gasteiger partial charge in [-0.2, -0.15) is 0 Å². The predicted octanol–water partition coefficient (Wildman–Crippen LogP) is 1.91. The molecule has 1 unspecified atom stereocenters. The van der Waals surface area contributed by atoms with E-state index in [4.69, 9.17) is 15.2 Å². The zero-order valence-electron chi connectivity index (χ0n) is 9.62. The molecule has 0 aliphatic heterocycles. The molecule has 84 valence electrons. The van der Waals surface area contributed by atoms with Crippen LogP contribution in [0, 0.1) is 0 Å². The molecule has 0 amide bonds. The molecule has 1 aromatic carbocycles. The molecule has 1 aromatic rings. The van der Waals surface area contributed by atoms with Crippen LogP contribution in [0.5, 0.6) is 5.75 Å². The standard InChI is InChI=1S/C12H19NO2/c1-12(15-3,7-8-13)10-5-4-6-11(9-10)14-2/h4-6,9H,7-8,13H2,1-3H3. The van der Waals surface area contributed by atoms with E-state index in [2.05, 4.69) is 0 Å². The number of hydrogen-bond donors (Lipinski definition) is 1. The quantitative estimate of drug-likeness (QED) is 0.805. The zero-order chi connectivity index (χ0) is 11.3. The molecule has 1 atom stereocenters. The van der Waals surface area contributed by atoms with E-state index in [0.29, 0.717) is 6.54 Å². The number of benzene rings is 1. The van der Waals surface area contributed by atoms with Crippen molar-refractivity contribution in [2.45, 2.75) is 18.9 Å². The first-order valence-corrected chi connectivity index (χ1v) is 5.06. The highest BCUT2D eigenvalue weighted by atomic mass is 16.5. The van der Waals surface area contributed by atoms with Gasteiger partial charge in [0.15, 0.2) is 0 Å². The number of ether oxygens (including phenoxy) is 2. The lowest BCUT2D eigenvalue weighted by atomic mass is 9.92. The van der Waals surface area contributed by atoms with Crippen molar-refractivity contribution < 1.29 is 9.47 Å². The summed E-state index contributed by atoms with van der Waals surface area (Å²) >= 11 is 0. The predicted molar refractivity (Wildman–Crippen MR) is 61.0 cm³/mol. The number of rotatable bonds is 5. The summed E-state index contributed by atoms with van der Waals surface area (Å²) in [5, 5.41) is 0. The first kappa shape index (κ1) is 12.0. The molecule has 0 spiro atoms. The van der Waals surface area contributed by atoms with Crippen LogP contribution in [-0.4, -0.2) is 20.8 Å². The van der Waals surface area contributed by atoms with Crippen molar-refractivity contribution in [1.29, 1.82) is 0 Å². The Balaban J connectivity index is 3.00. The van der Waals surface area contributed by atoms with Gasteiger partial charge in [0.2, 0.25) is 0 Å². The highest BCUT2D eigenvalue weighted by Crippen LogP contribution is 2.30. The summed E-state index contributed by atoms with van der Waals surface area (Å²) in [6, 6.07) is 7.89. The van der Waals surface area contributed by atoms with Crippen LogP contribution in [0.3, 0.4) is 0 Å². The van der Waals surface area contributed by atoms with Gasteiger partial charge in [0.1, 0.15) is 5.75 Å². The Morgan fingerprint density at radius 2 is 2.07 bits per heavy atom. The van der Waals surface area contributed by atoms with Crippen LogP contribution < -0.4 is 10.5 Å². The summed E-state index contributed by atoms with van der Waals surface area (Å²) in [6.45, 7) is 2.64. The molecule has 3 heteroatoms. The SMILES string of the molecule is COc1cccc(C(C)(CCN)OC)c1. The molecule has 3 nitrogen and oxygen atoms in total. The van der Waals surface area contributed by atoms with Crippen LogP contribution in [0.25, 0.3) is 0 Å². The zero-order valence-corrected chi connectivity index (χ0v) is 9.62. The van der Waals surface area contributed by atoms with Gasteiger partial charge in [-0.25, -0.2) is 0 Å². The van der Waals surface area contributed by atoms with Crippen molar-refractivity contribution in [3.05, 3.63) is 29.8 Å². The van der Waals surface area contributed by atoms with Crippen molar-refractivity contribution >= 4 is 0 Å². The van der Waals surface area contributed by atoms with Gasteiger partial charge in [-0.05, 0) is 37.6 Å². The summed E-state index contributed by atoms with van der Waals surface area (Å²) in [5.74, 6) is 0.841. The van der Waals surface area contributed by atoms with Gasteiger partial charge in [-0.3, -0.25) is 0 Å². The van der Waals surface area contributed by atoms with E-state index in [1.165, 1.54) is 0 Å². The van der Waals surface area contributed by atoms with E-state index < -0.39 is 0 Å². The second kappa shape index (κ2) is 5.14. The maximum absolute atomic E-state index is 5.59. The first-order chi connectivity index (χ1) is 7.16. The fourth-order valence-electron chi connectivity index (χ4n) is 1.59. The Hall–Kier alpha value is -1.06. The van der Waals surface area contributed by atoms with Crippen LogP contribution >= 0.6 is 0 Å². The molecule has 15 heavy (non-hydrogen) atoms. The maximum Gasteiger partial charge on any atom is 0.119 e. The molecule has 0 radical (unpaired) electrons. The summed E-state index contributed by atoms with van der Waals surface area (Å²) in [5.41, 5.74) is 6.35. The van der Waals surface area contributed by atoms with E-state index in [1.807, 2.05) is 31.2 Å². The van der Waals surface area contributed by atoms with Crippen molar-refractivity contribution in [2.75, 3.05) is 20.8 Å². The number of nitrogens with two attached hydrogens (primary N) is 1. The largest absolute Gasteiger partial charge is 0.497 e. The van der Waals surface area contributed by atoms with E-state index in [9.17, 15) is 0 Å². The summed E-state index contributed by atoms with van der Waals surface area (Å²) in [6.07, 6.45) is 0.788. The van der Waals surface area contributed by atoms with Gasteiger partial charge in [-0.1, -0.05) is 12.1 Å². The van der Waals surface area contributed by atoms with E-state index >= 15 is 0 Å². The van der Waals surface area contributed by atoms with Crippen molar-refractivity contribution in [2.24, 2.45) is 5.73 Å². The Bertz CT molecular complexity index is 314. The van der Waals surface area contributed by atoms with Crippen LogP contribution in [0.15, 0.2) is 24.3 Å². The van der Waals surface area contributed by atoms with Crippen molar-refractivity contribution in [1.82, 2.24) is 0 Å². The molecular weight excluding hydrogens is 190 g/mol. The summed E-state index contributed by atoms with van der Waals surface area (Å²) in [7, 11) is 3.36. The van der Waals surface area contributed by atoms with Crippen LogP contribution in [0.1, 0.15) is 18.9 Å². The number of methoxy groups -OCH3 is 2. The summed E-state index contributed by atoms with van der Waals surface area (Å²) < 4.78 is 10.7. The van der Waals surface area contributed by atoms with Gasteiger partial charge in [0, 0.05) is 7.11 Å². The molecule has 0 fully saturated rings. The van der Waals surface area contributed by atoms with E-state index in [0.717, 1.165) is 17.7 Å². The highest BCUT2D eigenvalue weighted by Gasteiger charge is 2.25. The van der Waals surface area contributed by atoms with Crippen molar-refractivity contribution in [3.8, 4) is 5.75 Å². The molecule has 0 aromatic heterocycles. The topological polar surface area (TPSA) is 44.5 Å².